The minimum atomic E-state index is -4.80. The number of halogens is 6. The lowest BCUT2D eigenvalue weighted by atomic mass is 10.1. The highest BCUT2D eigenvalue weighted by Gasteiger charge is 2.34. The number of anilines is 2. The van der Waals surface area contributed by atoms with E-state index in [0.29, 0.717) is 11.8 Å². The molecule has 0 aliphatic carbocycles. The fraction of sp³-hybridized carbons (Fsp3) is 0.235. The molecule has 0 amide bonds. The van der Waals surface area contributed by atoms with Crippen LogP contribution in [0.5, 0.6) is 0 Å². The number of alkyl halides is 3. The molecule has 140 valence electrons. The van der Waals surface area contributed by atoms with Gasteiger partial charge in [-0.2, -0.15) is 13.2 Å². The normalized spacial score (nSPS) is 11.8. The Kier molecular flexibility index (Phi) is 6.36. The van der Waals surface area contributed by atoms with Crippen molar-refractivity contribution >= 4 is 46.6 Å². The highest BCUT2D eigenvalue weighted by Crippen LogP contribution is 2.38. The van der Waals surface area contributed by atoms with Gasteiger partial charge in [0, 0.05) is 13.6 Å². The summed E-state index contributed by atoms with van der Waals surface area (Å²) in [5.74, 6) is -1.42. The second kappa shape index (κ2) is 8.14. The molecule has 0 radical (unpaired) electrons. The van der Waals surface area contributed by atoms with Crippen molar-refractivity contribution in [2.24, 2.45) is 4.99 Å². The van der Waals surface area contributed by atoms with Crippen LogP contribution in [0.4, 0.5) is 34.6 Å². The number of hydrogen-bond donors (Lipinski definition) is 1. The molecule has 26 heavy (non-hydrogen) atoms. The second-order valence-corrected chi connectivity index (χ2v) is 6.21. The van der Waals surface area contributed by atoms with Crippen LogP contribution < -0.4 is 5.32 Å². The molecule has 2 aromatic rings. The van der Waals surface area contributed by atoms with Gasteiger partial charge < -0.3 is 10.2 Å². The van der Waals surface area contributed by atoms with Crippen LogP contribution in [0.2, 0.25) is 10.0 Å². The molecule has 0 aliphatic heterocycles. The topological polar surface area (TPSA) is 27.6 Å². The Hall–Kier alpha value is -1.99. The van der Waals surface area contributed by atoms with Crippen LogP contribution >= 0.6 is 23.2 Å². The zero-order chi connectivity index (χ0) is 19.5. The summed E-state index contributed by atoms with van der Waals surface area (Å²) in [5.41, 5.74) is -1.18. The Morgan fingerprint density at radius 1 is 1.15 bits per heavy atom. The lowest BCUT2D eigenvalue weighted by molar-refractivity contribution is -0.139. The molecule has 2 rings (SSSR count). The summed E-state index contributed by atoms with van der Waals surface area (Å²) in [7, 11) is 1.82. The number of nitrogens with one attached hydrogen (secondary N) is 1. The minimum absolute atomic E-state index is 0.137. The maximum Gasteiger partial charge on any atom is 0.419 e. The van der Waals surface area contributed by atoms with E-state index in [9.17, 15) is 17.6 Å². The van der Waals surface area contributed by atoms with Gasteiger partial charge in [-0.3, -0.25) is 0 Å². The number of nitrogens with zero attached hydrogens (tertiary/aromatic N) is 2. The molecule has 0 saturated heterocycles. The SMILES string of the molecule is CCN(C)/C=N\c1cc(Cl)c(Nc2cccc(C(F)(F)F)c2F)cc1Cl. The van der Waals surface area contributed by atoms with E-state index in [-0.39, 0.29) is 21.4 Å². The zero-order valence-electron chi connectivity index (χ0n) is 13.8. The van der Waals surface area contributed by atoms with E-state index in [4.69, 9.17) is 23.2 Å². The summed E-state index contributed by atoms with van der Waals surface area (Å²) in [6, 6.07) is 5.76. The van der Waals surface area contributed by atoms with Gasteiger partial charge in [-0.05, 0) is 31.2 Å². The first-order valence-corrected chi connectivity index (χ1v) is 8.25. The lowest BCUT2D eigenvalue weighted by Gasteiger charge is -2.14. The standard InChI is InChI=1S/C17H15Cl2F4N3/c1-3-26(2)9-24-14-7-12(19)15(8-11(14)18)25-13-6-4-5-10(16(13)20)17(21,22)23/h4-9,25H,3H2,1-2H3/b24-9-. The van der Waals surface area contributed by atoms with Gasteiger partial charge in [0.05, 0.1) is 39.0 Å². The molecule has 0 heterocycles. The van der Waals surface area contributed by atoms with Crippen LogP contribution in [0.3, 0.4) is 0 Å². The number of benzene rings is 2. The predicted molar refractivity (Wildman–Crippen MR) is 97.6 cm³/mol. The lowest BCUT2D eigenvalue weighted by Crippen LogP contribution is -2.14. The summed E-state index contributed by atoms with van der Waals surface area (Å²) in [5, 5.41) is 2.89. The Balaban J connectivity index is 2.34. The van der Waals surface area contributed by atoms with E-state index >= 15 is 0 Å². The summed E-state index contributed by atoms with van der Waals surface area (Å²) in [6.45, 7) is 2.68. The molecule has 0 saturated carbocycles. The first-order valence-electron chi connectivity index (χ1n) is 7.49. The van der Waals surface area contributed by atoms with Gasteiger partial charge in [0.1, 0.15) is 0 Å². The largest absolute Gasteiger partial charge is 0.419 e. The quantitative estimate of drug-likeness (QED) is 0.347. The molecule has 3 nitrogen and oxygen atoms in total. The molecule has 0 spiro atoms. The predicted octanol–water partition coefficient (Wildman–Crippen LogP) is 6.51. The van der Waals surface area contributed by atoms with Crippen LogP contribution in [0.15, 0.2) is 35.3 Å². The van der Waals surface area contributed by atoms with Gasteiger partial charge in [-0.1, -0.05) is 29.3 Å². The first-order chi connectivity index (χ1) is 12.1. The molecule has 0 aliphatic rings. The van der Waals surface area contributed by atoms with Crippen LogP contribution in [0.1, 0.15) is 12.5 Å². The highest BCUT2D eigenvalue weighted by molar-refractivity contribution is 6.37. The third-order valence-corrected chi connectivity index (χ3v) is 4.12. The summed E-state index contributed by atoms with van der Waals surface area (Å²) >= 11 is 12.3. The molecule has 9 heteroatoms. The molecule has 1 N–H and O–H groups in total. The number of hydrogen-bond acceptors (Lipinski definition) is 2. The molecule has 2 aromatic carbocycles. The molecular weight excluding hydrogens is 393 g/mol. The summed E-state index contributed by atoms with van der Waals surface area (Å²) in [4.78, 5) is 6.00. The van der Waals surface area contributed by atoms with Crippen LogP contribution in [0, 0.1) is 5.82 Å². The van der Waals surface area contributed by atoms with Crippen molar-refractivity contribution in [1.82, 2.24) is 4.90 Å². The van der Waals surface area contributed by atoms with E-state index in [0.717, 1.165) is 12.6 Å². The van der Waals surface area contributed by atoms with Crippen molar-refractivity contribution in [2.75, 3.05) is 18.9 Å². The van der Waals surface area contributed by atoms with Gasteiger partial charge >= 0.3 is 6.18 Å². The Morgan fingerprint density at radius 2 is 1.85 bits per heavy atom. The van der Waals surface area contributed by atoms with Crippen LogP contribution in [-0.4, -0.2) is 24.8 Å². The van der Waals surface area contributed by atoms with Gasteiger partial charge in [0.2, 0.25) is 0 Å². The van der Waals surface area contributed by atoms with E-state index in [1.54, 1.807) is 6.34 Å². The van der Waals surface area contributed by atoms with Gasteiger partial charge in [-0.15, -0.1) is 0 Å². The zero-order valence-corrected chi connectivity index (χ0v) is 15.3. The third-order valence-electron chi connectivity index (χ3n) is 3.50. The maximum absolute atomic E-state index is 14.1. The van der Waals surface area contributed by atoms with Crippen molar-refractivity contribution in [3.63, 3.8) is 0 Å². The Bertz CT molecular complexity index is 822. The van der Waals surface area contributed by atoms with Crippen LogP contribution in [-0.2, 0) is 6.18 Å². The second-order valence-electron chi connectivity index (χ2n) is 5.39. The Morgan fingerprint density at radius 3 is 2.46 bits per heavy atom. The first kappa shape index (κ1) is 20.3. The average molecular weight is 408 g/mol. The molecule has 0 fully saturated rings. The third kappa shape index (κ3) is 4.80. The molecule has 0 aromatic heterocycles. The fourth-order valence-corrected chi connectivity index (χ4v) is 2.38. The summed E-state index contributed by atoms with van der Waals surface area (Å²) < 4.78 is 52.6. The number of aliphatic imine (C=N–C) groups is 1. The van der Waals surface area contributed by atoms with E-state index in [1.807, 2.05) is 18.9 Å². The van der Waals surface area contributed by atoms with Gasteiger partial charge in [0.25, 0.3) is 0 Å². The summed E-state index contributed by atoms with van der Waals surface area (Å²) in [6.07, 6.45) is -3.23. The van der Waals surface area contributed by atoms with Crippen molar-refractivity contribution < 1.29 is 17.6 Å². The van der Waals surface area contributed by atoms with Crippen molar-refractivity contribution in [1.29, 1.82) is 0 Å². The maximum atomic E-state index is 14.1. The van der Waals surface area contributed by atoms with Gasteiger partial charge in [-0.25, -0.2) is 9.38 Å². The Labute approximate surface area is 158 Å². The molecular formula is C17H15Cl2F4N3. The van der Waals surface area contributed by atoms with Crippen molar-refractivity contribution in [3.05, 3.63) is 51.8 Å². The minimum Gasteiger partial charge on any atom is -0.366 e. The molecule has 0 bridgehead atoms. The average Bonchev–Trinajstić information content (AvgIpc) is 2.56. The van der Waals surface area contributed by atoms with E-state index in [1.165, 1.54) is 18.2 Å². The smallest absolute Gasteiger partial charge is 0.366 e. The molecule has 0 atom stereocenters. The fourth-order valence-electron chi connectivity index (χ4n) is 1.97. The van der Waals surface area contributed by atoms with Crippen molar-refractivity contribution in [2.45, 2.75) is 13.1 Å². The number of rotatable bonds is 5. The van der Waals surface area contributed by atoms with E-state index in [2.05, 4.69) is 10.3 Å². The monoisotopic (exact) mass is 407 g/mol. The van der Waals surface area contributed by atoms with Crippen LogP contribution in [0.25, 0.3) is 0 Å². The van der Waals surface area contributed by atoms with E-state index < -0.39 is 17.6 Å². The highest BCUT2D eigenvalue weighted by atomic mass is 35.5. The van der Waals surface area contributed by atoms with Crippen molar-refractivity contribution in [3.8, 4) is 0 Å². The van der Waals surface area contributed by atoms with Gasteiger partial charge in [0.15, 0.2) is 5.82 Å². The molecule has 0 unspecified atom stereocenters.